The lowest BCUT2D eigenvalue weighted by atomic mass is 10.1. The van der Waals surface area contributed by atoms with Crippen LogP contribution in [0.4, 0.5) is 5.69 Å². The normalized spacial score (nSPS) is 16.3. The van der Waals surface area contributed by atoms with Crippen molar-refractivity contribution in [1.82, 2.24) is 15.0 Å². The van der Waals surface area contributed by atoms with E-state index in [9.17, 15) is 14.9 Å². The molecule has 0 N–H and O–H groups in total. The summed E-state index contributed by atoms with van der Waals surface area (Å²) >= 11 is 6.12. The summed E-state index contributed by atoms with van der Waals surface area (Å²) in [4.78, 5) is 29.4. The van der Waals surface area contributed by atoms with Crippen LogP contribution >= 0.6 is 11.6 Å². The highest BCUT2D eigenvalue weighted by atomic mass is 35.5. The number of carbonyl (C=O) groups excluding carboxylic acids is 1. The minimum Gasteiger partial charge on any atom is -0.337 e. The molecule has 28 heavy (non-hydrogen) atoms. The van der Waals surface area contributed by atoms with E-state index in [2.05, 4.69) is 10.1 Å². The first-order chi connectivity index (χ1) is 13.5. The molecule has 0 spiro atoms. The van der Waals surface area contributed by atoms with E-state index in [-0.39, 0.29) is 28.2 Å². The quantitative estimate of drug-likeness (QED) is 0.480. The number of carbonyl (C=O) groups is 1. The lowest BCUT2D eigenvalue weighted by Gasteiger charge is -2.22. The number of nitrogens with zero attached hydrogens (tertiary/aromatic N) is 4. The molecule has 1 saturated heterocycles. The Bertz CT molecular complexity index is 1040. The Morgan fingerprint density at radius 3 is 2.75 bits per heavy atom. The number of benzene rings is 2. The maximum Gasteiger partial charge on any atom is 0.270 e. The molecule has 9 heteroatoms. The van der Waals surface area contributed by atoms with Crippen molar-refractivity contribution < 1.29 is 14.2 Å². The second-order valence-electron chi connectivity index (χ2n) is 6.40. The van der Waals surface area contributed by atoms with E-state index in [1.165, 1.54) is 18.2 Å². The van der Waals surface area contributed by atoms with Crippen LogP contribution in [-0.2, 0) is 0 Å². The molecule has 1 atom stereocenters. The van der Waals surface area contributed by atoms with Gasteiger partial charge >= 0.3 is 0 Å². The van der Waals surface area contributed by atoms with Crippen molar-refractivity contribution in [1.29, 1.82) is 0 Å². The third-order valence-electron chi connectivity index (χ3n) is 4.67. The predicted molar refractivity (Wildman–Crippen MR) is 101 cm³/mol. The minimum atomic E-state index is -0.553. The van der Waals surface area contributed by atoms with Gasteiger partial charge in [0, 0.05) is 24.2 Å². The van der Waals surface area contributed by atoms with Gasteiger partial charge in [-0.2, -0.15) is 4.98 Å². The molecular weight excluding hydrogens is 384 g/mol. The number of likely N-dealkylation sites (tertiary alicyclic amines) is 1. The van der Waals surface area contributed by atoms with Gasteiger partial charge in [0.25, 0.3) is 11.6 Å². The van der Waals surface area contributed by atoms with E-state index in [0.717, 1.165) is 12.0 Å². The number of rotatable bonds is 4. The first-order valence-electron chi connectivity index (χ1n) is 8.68. The zero-order valence-electron chi connectivity index (χ0n) is 14.6. The maximum atomic E-state index is 13.0. The first-order valence-corrected chi connectivity index (χ1v) is 9.06. The second-order valence-corrected chi connectivity index (χ2v) is 6.81. The second kappa shape index (κ2) is 7.40. The van der Waals surface area contributed by atoms with Gasteiger partial charge in [0.1, 0.15) is 6.04 Å². The molecule has 8 nitrogen and oxygen atoms in total. The SMILES string of the molecule is O=C(c1ccc([N+](=O)[O-])cc1Cl)N1CCC[C@@H]1c1nc(-c2ccccc2)no1. The van der Waals surface area contributed by atoms with Gasteiger partial charge in [-0.3, -0.25) is 14.9 Å². The van der Waals surface area contributed by atoms with Crippen molar-refractivity contribution in [2.24, 2.45) is 0 Å². The van der Waals surface area contributed by atoms with Crippen molar-refractivity contribution in [3.05, 3.63) is 75.1 Å². The molecule has 2 heterocycles. The first kappa shape index (κ1) is 18.1. The van der Waals surface area contributed by atoms with Crippen LogP contribution in [0.15, 0.2) is 53.1 Å². The Balaban J connectivity index is 1.60. The number of non-ortho nitro benzene ring substituents is 1. The zero-order valence-corrected chi connectivity index (χ0v) is 15.4. The Kier molecular flexibility index (Phi) is 4.79. The van der Waals surface area contributed by atoms with Crippen LogP contribution in [0.5, 0.6) is 0 Å². The standard InChI is InChI=1S/C19H15ClN4O4/c20-15-11-13(24(26)27)8-9-14(15)19(25)23-10-4-7-16(23)18-21-17(22-28-18)12-5-2-1-3-6-12/h1-3,5-6,8-9,11,16H,4,7,10H2/t16-/m1/s1. The molecule has 1 fully saturated rings. The molecule has 0 unspecified atom stereocenters. The van der Waals surface area contributed by atoms with Gasteiger partial charge in [0.2, 0.25) is 11.7 Å². The Morgan fingerprint density at radius 2 is 2.04 bits per heavy atom. The number of nitro benzene ring substituents is 1. The van der Waals surface area contributed by atoms with E-state index in [1.807, 2.05) is 30.3 Å². The van der Waals surface area contributed by atoms with Crippen molar-refractivity contribution in [2.75, 3.05) is 6.54 Å². The molecular formula is C19H15ClN4O4. The molecule has 1 aliphatic heterocycles. The van der Waals surface area contributed by atoms with Gasteiger partial charge < -0.3 is 9.42 Å². The molecule has 1 aromatic heterocycles. The monoisotopic (exact) mass is 398 g/mol. The van der Waals surface area contributed by atoms with Crippen molar-refractivity contribution in [3.8, 4) is 11.4 Å². The van der Waals surface area contributed by atoms with Crippen LogP contribution in [0, 0.1) is 10.1 Å². The fourth-order valence-electron chi connectivity index (χ4n) is 3.29. The summed E-state index contributed by atoms with van der Waals surface area (Å²) in [6.07, 6.45) is 1.47. The summed E-state index contributed by atoms with van der Waals surface area (Å²) in [7, 11) is 0. The van der Waals surface area contributed by atoms with E-state index >= 15 is 0 Å². The lowest BCUT2D eigenvalue weighted by molar-refractivity contribution is -0.384. The van der Waals surface area contributed by atoms with Crippen molar-refractivity contribution in [3.63, 3.8) is 0 Å². The molecule has 142 valence electrons. The van der Waals surface area contributed by atoms with Crippen LogP contribution in [0.1, 0.15) is 35.1 Å². The van der Waals surface area contributed by atoms with Crippen molar-refractivity contribution >= 4 is 23.2 Å². The Hall–Kier alpha value is -3.26. The van der Waals surface area contributed by atoms with Gasteiger partial charge in [-0.05, 0) is 18.9 Å². The third kappa shape index (κ3) is 3.34. The van der Waals surface area contributed by atoms with Crippen LogP contribution in [-0.4, -0.2) is 32.4 Å². The van der Waals surface area contributed by atoms with E-state index < -0.39 is 4.92 Å². The summed E-state index contributed by atoms with van der Waals surface area (Å²) in [5, 5.41) is 14.9. The Morgan fingerprint density at radius 1 is 1.25 bits per heavy atom. The molecule has 4 rings (SSSR count). The van der Waals surface area contributed by atoms with Crippen LogP contribution < -0.4 is 0 Å². The lowest BCUT2D eigenvalue weighted by Crippen LogP contribution is -2.31. The highest BCUT2D eigenvalue weighted by Gasteiger charge is 2.35. The van der Waals surface area contributed by atoms with Gasteiger partial charge in [0.05, 0.1) is 15.5 Å². The number of nitro groups is 1. The number of halogens is 1. The fourth-order valence-corrected chi connectivity index (χ4v) is 3.54. The molecule has 1 aliphatic rings. The highest BCUT2D eigenvalue weighted by molar-refractivity contribution is 6.34. The Labute approximate surface area is 164 Å². The van der Waals surface area contributed by atoms with E-state index in [0.29, 0.717) is 24.7 Å². The minimum absolute atomic E-state index is 0.0420. The maximum absolute atomic E-state index is 13.0. The van der Waals surface area contributed by atoms with Crippen LogP contribution in [0.3, 0.4) is 0 Å². The molecule has 0 bridgehead atoms. The molecule has 3 aromatic rings. The predicted octanol–water partition coefficient (Wildman–Crippen LogP) is 4.28. The number of hydrogen-bond acceptors (Lipinski definition) is 6. The average Bonchev–Trinajstić information content (AvgIpc) is 3.37. The summed E-state index contributed by atoms with van der Waals surface area (Å²) in [5.41, 5.74) is 0.873. The van der Waals surface area contributed by atoms with Crippen LogP contribution in [0.25, 0.3) is 11.4 Å². The van der Waals surface area contributed by atoms with E-state index in [1.54, 1.807) is 4.90 Å². The largest absolute Gasteiger partial charge is 0.337 e. The van der Waals surface area contributed by atoms with E-state index in [4.69, 9.17) is 16.1 Å². The fraction of sp³-hybridized carbons (Fsp3) is 0.211. The highest BCUT2D eigenvalue weighted by Crippen LogP contribution is 2.34. The summed E-state index contributed by atoms with van der Waals surface area (Å²) < 4.78 is 5.42. The summed E-state index contributed by atoms with van der Waals surface area (Å²) in [5.74, 6) is 0.507. The molecule has 0 radical (unpaired) electrons. The molecule has 2 aromatic carbocycles. The summed E-state index contributed by atoms with van der Waals surface area (Å²) in [6.45, 7) is 0.514. The smallest absolute Gasteiger partial charge is 0.270 e. The van der Waals surface area contributed by atoms with Gasteiger partial charge in [-0.1, -0.05) is 47.1 Å². The number of amides is 1. The zero-order chi connectivity index (χ0) is 19.7. The average molecular weight is 399 g/mol. The topological polar surface area (TPSA) is 102 Å². The summed E-state index contributed by atoms with van der Waals surface area (Å²) in [6, 6.07) is 12.9. The van der Waals surface area contributed by atoms with Crippen molar-refractivity contribution in [2.45, 2.75) is 18.9 Å². The van der Waals surface area contributed by atoms with Gasteiger partial charge in [-0.25, -0.2) is 0 Å². The number of aromatic nitrogens is 2. The molecule has 0 aliphatic carbocycles. The van der Waals surface area contributed by atoms with Gasteiger partial charge in [0.15, 0.2) is 0 Å². The third-order valence-corrected chi connectivity index (χ3v) is 4.98. The van der Waals surface area contributed by atoms with Crippen LogP contribution in [0.2, 0.25) is 5.02 Å². The number of hydrogen-bond donors (Lipinski definition) is 0. The molecule has 0 saturated carbocycles. The molecule has 1 amide bonds. The van der Waals surface area contributed by atoms with Gasteiger partial charge in [-0.15, -0.1) is 0 Å².